The van der Waals surface area contributed by atoms with E-state index in [9.17, 15) is 0 Å². The molecular weight excluding hydrogens is 192 g/mol. The highest BCUT2D eigenvalue weighted by atomic mass is 14.5. The van der Waals surface area contributed by atoms with Crippen LogP contribution in [0.25, 0.3) is 0 Å². The van der Waals surface area contributed by atoms with Gasteiger partial charge < -0.3 is 0 Å². The van der Waals surface area contributed by atoms with E-state index in [0.29, 0.717) is 5.41 Å². The maximum Gasteiger partial charge on any atom is -0.00850 e. The van der Waals surface area contributed by atoms with Crippen LogP contribution in [0.4, 0.5) is 0 Å². The average molecular weight is 218 g/mol. The van der Waals surface area contributed by atoms with E-state index in [2.05, 4.69) is 39.8 Å². The van der Waals surface area contributed by atoms with Crippen molar-refractivity contribution >= 4 is 0 Å². The van der Waals surface area contributed by atoms with Gasteiger partial charge in [0.05, 0.1) is 0 Å². The average Bonchev–Trinajstić information content (AvgIpc) is 2.29. The maximum absolute atomic E-state index is 2.54. The molecule has 3 atom stereocenters. The van der Waals surface area contributed by atoms with E-state index in [0.717, 1.165) is 11.8 Å². The van der Waals surface area contributed by atoms with Crippen LogP contribution >= 0.6 is 0 Å². The van der Waals surface area contributed by atoms with Crippen molar-refractivity contribution in [3.8, 4) is 0 Å². The van der Waals surface area contributed by atoms with Gasteiger partial charge >= 0.3 is 0 Å². The fourth-order valence-electron chi connectivity index (χ4n) is 3.66. The Hall–Kier alpha value is -0.520. The van der Waals surface area contributed by atoms with Crippen LogP contribution in [0.1, 0.15) is 59.8 Å². The molecule has 1 saturated carbocycles. The summed E-state index contributed by atoms with van der Waals surface area (Å²) >= 11 is 0. The minimum atomic E-state index is 0.505. The Morgan fingerprint density at radius 1 is 1.44 bits per heavy atom. The van der Waals surface area contributed by atoms with Crippen LogP contribution in [0.3, 0.4) is 0 Å². The minimum Gasteiger partial charge on any atom is -0.0885 e. The SMILES string of the molecule is CC=C(C)C1CCC2=CCCC(C)C2(C)C1. The van der Waals surface area contributed by atoms with Gasteiger partial charge in [0.15, 0.2) is 0 Å². The molecule has 0 saturated heterocycles. The first-order valence-corrected chi connectivity index (χ1v) is 6.90. The van der Waals surface area contributed by atoms with Gasteiger partial charge in [-0.2, -0.15) is 0 Å². The lowest BCUT2D eigenvalue weighted by Gasteiger charge is -2.47. The molecule has 3 unspecified atom stereocenters. The third-order valence-corrected chi connectivity index (χ3v) is 5.34. The molecule has 0 spiro atoms. The molecule has 0 amide bonds. The Morgan fingerprint density at radius 2 is 2.19 bits per heavy atom. The van der Waals surface area contributed by atoms with Crippen molar-refractivity contribution in [2.45, 2.75) is 59.8 Å². The molecule has 0 nitrogen and oxygen atoms in total. The van der Waals surface area contributed by atoms with Crippen LogP contribution < -0.4 is 0 Å². The van der Waals surface area contributed by atoms with Gasteiger partial charge in [0.1, 0.15) is 0 Å². The summed E-state index contributed by atoms with van der Waals surface area (Å²) in [6.07, 6.45) is 11.7. The topological polar surface area (TPSA) is 0 Å². The van der Waals surface area contributed by atoms with Crippen LogP contribution in [-0.4, -0.2) is 0 Å². The van der Waals surface area contributed by atoms with Gasteiger partial charge in [0, 0.05) is 0 Å². The lowest BCUT2D eigenvalue weighted by molar-refractivity contribution is 0.151. The molecule has 0 radical (unpaired) electrons. The van der Waals surface area contributed by atoms with Gasteiger partial charge in [-0.15, -0.1) is 0 Å². The highest BCUT2D eigenvalue weighted by molar-refractivity contribution is 5.23. The van der Waals surface area contributed by atoms with Gasteiger partial charge in [-0.1, -0.05) is 37.1 Å². The number of allylic oxidation sites excluding steroid dienone is 4. The van der Waals surface area contributed by atoms with Crippen LogP contribution in [0.5, 0.6) is 0 Å². The minimum absolute atomic E-state index is 0.505. The summed E-state index contributed by atoms with van der Waals surface area (Å²) in [7, 11) is 0. The first-order chi connectivity index (χ1) is 7.58. The smallest absolute Gasteiger partial charge is 0.00850 e. The van der Waals surface area contributed by atoms with Gasteiger partial charge in [0.2, 0.25) is 0 Å². The zero-order valence-corrected chi connectivity index (χ0v) is 11.3. The number of hydrogen-bond acceptors (Lipinski definition) is 0. The molecule has 0 heterocycles. The van der Waals surface area contributed by atoms with Crippen molar-refractivity contribution in [2.75, 3.05) is 0 Å². The zero-order chi connectivity index (χ0) is 11.8. The predicted octanol–water partition coefficient (Wildman–Crippen LogP) is 5.12. The molecule has 2 aliphatic carbocycles. The van der Waals surface area contributed by atoms with Gasteiger partial charge in [-0.25, -0.2) is 0 Å². The van der Waals surface area contributed by atoms with Crippen molar-refractivity contribution in [1.82, 2.24) is 0 Å². The normalized spacial score (nSPS) is 40.2. The Kier molecular flexibility index (Phi) is 3.28. The van der Waals surface area contributed by atoms with Crippen molar-refractivity contribution in [3.05, 3.63) is 23.3 Å². The molecule has 2 rings (SSSR count). The molecular formula is C16H26. The third kappa shape index (κ3) is 1.87. The Balaban J connectivity index is 2.22. The molecule has 0 aliphatic heterocycles. The summed E-state index contributed by atoms with van der Waals surface area (Å²) < 4.78 is 0. The fourth-order valence-corrected chi connectivity index (χ4v) is 3.66. The second kappa shape index (κ2) is 4.39. The summed E-state index contributed by atoms with van der Waals surface area (Å²) in [4.78, 5) is 0. The first-order valence-electron chi connectivity index (χ1n) is 6.90. The van der Waals surface area contributed by atoms with Crippen LogP contribution in [0.15, 0.2) is 23.3 Å². The van der Waals surface area contributed by atoms with Gasteiger partial charge in [-0.3, -0.25) is 0 Å². The van der Waals surface area contributed by atoms with Crippen molar-refractivity contribution in [1.29, 1.82) is 0 Å². The van der Waals surface area contributed by atoms with Gasteiger partial charge in [-0.05, 0) is 63.2 Å². The summed E-state index contributed by atoms with van der Waals surface area (Å²) in [6, 6.07) is 0. The first kappa shape index (κ1) is 12.0. The molecule has 0 bridgehead atoms. The predicted molar refractivity (Wildman–Crippen MR) is 71.4 cm³/mol. The number of fused-ring (bicyclic) bond motifs is 1. The highest BCUT2D eigenvalue weighted by Gasteiger charge is 2.41. The molecule has 1 fully saturated rings. The van der Waals surface area contributed by atoms with Gasteiger partial charge in [0.25, 0.3) is 0 Å². The maximum atomic E-state index is 2.54. The Morgan fingerprint density at radius 3 is 2.88 bits per heavy atom. The van der Waals surface area contributed by atoms with Crippen molar-refractivity contribution in [2.24, 2.45) is 17.3 Å². The largest absolute Gasteiger partial charge is 0.0885 e. The van der Waals surface area contributed by atoms with Crippen molar-refractivity contribution < 1.29 is 0 Å². The Bertz CT molecular complexity index is 321. The molecule has 90 valence electrons. The lowest BCUT2D eigenvalue weighted by Crippen LogP contribution is -2.36. The Labute approximate surface area is 101 Å². The second-order valence-electron chi connectivity index (χ2n) is 6.10. The van der Waals surface area contributed by atoms with Crippen LogP contribution in [-0.2, 0) is 0 Å². The van der Waals surface area contributed by atoms with E-state index in [1.807, 2.05) is 0 Å². The standard InChI is InChI=1S/C16H26/c1-5-12(2)14-9-10-15-8-6-7-13(3)16(15,4)11-14/h5,8,13-14H,6-7,9-11H2,1-4H3. The number of rotatable bonds is 1. The second-order valence-corrected chi connectivity index (χ2v) is 6.10. The molecule has 2 aliphatic rings. The number of hydrogen-bond donors (Lipinski definition) is 0. The van der Waals surface area contributed by atoms with Crippen LogP contribution in [0.2, 0.25) is 0 Å². The van der Waals surface area contributed by atoms with E-state index in [1.165, 1.54) is 32.1 Å². The lowest BCUT2D eigenvalue weighted by atomic mass is 9.57. The van der Waals surface area contributed by atoms with Crippen molar-refractivity contribution in [3.63, 3.8) is 0 Å². The zero-order valence-electron chi connectivity index (χ0n) is 11.3. The van der Waals surface area contributed by atoms with E-state index in [4.69, 9.17) is 0 Å². The summed E-state index contributed by atoms with van der Waals surface area (Å²) in [5.74, 6) is 1.72. The monoisotopic (exact) mass is 218 g/mol. The van der Waals surface area contributed by atoms with E-state index < -0.39 is 0 Å². The summed E-state index contributed by atoms with van der Waals surface area (Å²) in [5, 5.41) is 0. The molecule has 0 aromatic carbocycles. The van der Waals surface area contributed by atoms with Crippen LogP contribution in [0, 0.1) is 17.3 Å². The highest BCUT2D eigenvalue weighted by Crippen LogP contribution is 2.53. The third-order valence-electron chi connectivity index (χ3n) is 5.34. The van der Waals surface area contributed by atoms with E-state index >= 15 is 0 Å². The fraction of sp³-hybridized carbons (Fsp3) is 0.750. The quantitative estimate of drug-likeness (QED) is 0.536. The summed E-state index contributed by atoms with van der Waals surface area (Å²) in [6.45, 7) is 9.47. The molecule has 16 heavy (non-hydrogen) atoms. The molecule has 0 aromatic rings. The molecule has 0 N–H and O–H groups in total. The summed E-state index contributed by atoms with van der Waals surface area (Å²) in [5.41, 5.74) is 3.88. The molecule has 0 heteroatoms. The van der Waals surface area contributed by atoms with E-state index in [1.54, 1.807) is 11.1 Å². The van der Waals surface area contributed by atoms with E-state index in [-0.39, 0.29) is 0 Å². The molecule has 0 aromatic heterocycles.